The highest BCUT2D eigenvalue weighted by molar-refractivity contribution is 5.88. The fourth-order valence-electron chi connectivity index (χ4n) is 3.83. The lowest BCUT2D eigenvalue weighted by atomic mass is 9.96. The molecule has 0 aliphatic rings. The molecule has 232 valence electrons. The molecular weight excluding hydrogens is 504 g/mol. The van der Waals surface area contributed by atoms with E-state index < -0.39 is 36.4 Å². The van der Waals surface area contributed by atoms with Crippen molar-refractivity contribution in [2.75, 3.05) is 20.6 Å². The van der Waals surface area contributed by atoms with Gasteiger partial charge in [0.05, 0.1) is 12.8 Å². The number of nitrogens with two attached hydrogens (primary N) is 1. The number of rotatable bonds is 23. The number of nitrogens with zero attached hydrogens (tertiary/aromatic N) is 1. The van der Waals surface area contributed by atoms with Crippen LogP contribution in [0.1, 0.15) is 136 Å². The normalized spacial score (nSPS) is 10.7. The van der Waals surface area contributed by atoms with Crippen molar-refractivity contribution in [3.05, 3.63) is 0 Å². The van der Waals surface area contributed by atoms with Crippen molar-refractivity contribution in [1.29, 1.82) is 0 Å². The van der Waals surface area contributed by atoms with Crippen molar-refractivity contribution >= 4 is 23.8 Å². The molecule has 0 bridgehead atoms. The molecule has 0 aliphatic heterocycles. The monoisotopic (exact) mass is 562 g/mol. The van der Waals surface area contributed by atoms with Gasteiger partial charge in [0.25, 0.3) is 0 Å². The first-order valence-electron chi connectivity index (χ1n) is 14.6. The molecule has 39 heavy (non-hydrogen) atoms. The van der Waals surface area contributed by atoms with Crippen LogP contribution < -0.4 is 5.73 Å². The molecule has 0 unspecified atom stereocenters. The highest BCUT2D eigenvalue weighted by atomic mass is 16.4. The first-order valence-corrected chi connectivity index (χ1v) is 14.6. The summed E-state index contributed by atoms with van der Waals surface area (Å²) < 4.78 is 0. The fourth-order valence-corrected chi connectivity index (χ4v) is 3.83. The predicted molar refractivity (Wildman–Crippen MR) is 155 cm³/mol. The van der Waals surface area contributed by atoms with E-state index in [9.17, 15) is 19.2 Å². The van der Waals surface area contributed by atoms with E-state index in [1.165, 1.54) is 103 Å². The first-order chi connectivity index (χ1) is 18.3. The quantitative estimate of drug-likeness (QED) is 0.101. The molecule has 0 saturated heterocycles. The molecule has 0 atom stereocenters. The summed E-state index contributed by atoms with van der Waals surface area (Å²) in [5.41, 5.74) is 2.37. The van der Waals surface area contributed by atoms with Crippen LogP contribution in [0.15, 0.2) is 0 Å². The maximum Gasteiger partial charge on any atom is 0.336 e. The van der Waals surface area contributed by atoms with E-state index in [4.69, 9.17) is 26.2 Å². The Morgan fingerprint density at radius 2 is 0.949 bits per heavy atom. The van der Waals surface area contributed by atoms with Gasteiger partial charge in [0.1, 0.15) is 0 Å². The first kappa shape index (κ1) is 41.3. The SMILES string of the molecule is CCCCCCCCCCCCCCCCCC(N)=O.CCCN(C)C.O=C(O)CC(O)(CC(=O)O)C(=O)O. The highest BCUT2D eigenvalue weighted by Crippen LogP contribution is 2.16. The van der Waals surface area contributed by atoms with Crippen molar-refractivity contribution < 1.29 is 39.6 Å². The smallest absolute Gasteiger partial charge is 0.336 e. The zero-order chi connectivity index (χ0) is 30.5. The van der Waals surface area contributed by atoms with Crippen LogP contribution in [0.4, 0.5) is 0 Å². The predicted octanol–water partition coefficient (Wildman–Crippen LogP) is 5.44. The lowest BCUT2D eigenvalue weighted by molar-refractivity contribution is -0.170. The summed E-state index contributed by atoms with van der Waals surface area (Å²) in [7, 11) is 4.17. The molecule has 1 amide bonds. The summed E-state index contributed by atoms with van der Waals surface area (Å²) in [4.78, 5) is 43.2. The molecule has 0 spiro atoms. The number of hydrogen-bond acceptors (Lipinski definition) is 6. The maximum absolute atomic E-state index is 10.6. The number of aliphatic hydroxyl groups is 1. The molecule has 10 nitrogen and oxygen atoms in total. The molecule has 0 aliphatic carbocycles. The van der Waals surface area contributed by atoms with Gasteiger partial charge >= 0.3 is 17.9 Å². The van der Waals surface area contributed by atoms with E-state index >= 15 is 0 Å². The molecule has 10 heteroatoms. The third-order valence-corrected chi connectivity index (χ3v) is 5.98. The Balaban J connectivity index is -0.000000581. The molecule has 0 fully saturated rings. The maximum atomic E-state index is 10.6. The zero-order valence-electron chi connectivity index (χ0n) is 25.1. The van der Waals surface area contributed by atoms with Crippen molar-refractivity contribution in [2.45, 2.75) is 141 Å². The lowest BCUT2D eigenvalue weighted by Gasteiger charge is -2.18. The van der Waals surface area contributed by atoms with E-state index in [2.05, 4.69) is 32.8 Å². The number of amides is 1. The van der Waals surface area contributed by atoms with Crippen LogP contribution in [-0.4, -0.2) is 75.4 Å². The van der Waals surface area contributed by atoms with Gasteiger partial charge in [-0.2, -0.15) is 0 Å². The van der Waals surface area contributed by atoms with Gasteiger partial charge in [-0.05, 0) is 33.5 Å². The van der Waals surface area contributed by atoms with Gasteiger partial charge in [-0.3, -0.25) is 14.4 Å². The Hall–Kier alpha value is -2.20. The number of carboxylic acids is 3. The number of hydrogen-bond donors (Lipinski definition) is 5. The molecule has 0 aromatic rings. The number of aliphatic carboxylic acids is 3. The average molecular weight is 563 g/mol. The standard InChI is InChI=1S/C18H37NO.C6H8O7.C5H13N/c1-2-3-4-5-6-7-8-9-10-11-12-13-14-15-16-17-18(19)20;7-3(8)1-6(13,5(11)12)2-4(9)10;1-4-5-6(2)3/h2-17H2,1H3,(H2,19,20);13H,1-2H2,(H,7,8)(H,9,10)(H,11,12);4-5H2,1-3H3. The molecule has 0 rings (SSSR count). The summed E-state index contributed by atoms with van der Waals surface area (Å²) in [5.74, 6) is -5.17. The van der Waals surface area contributed by atoms with Crippen molar-refractivity contribution in [3.8, 4) is 0 Å². The van der Waals surface area contributed by atoms with Crippen LogP contribution >= 0.6 is 0 Å². The van der Waals surface area contributed by atoms with E-state index in [0.717, 1.165) is 6.42 Å². The van der Waals surface area contributed by atoms with Gasteiger partial charge < -0.3 is 31.1 Å². The van der Waals surface area contributed by atoms with Crippen LogP contribution in [0.25, 0.3) is 0 Å². The van der Waals surface area contributed by atoms with Gasteiger partial charge in [-0.25, -0.2) is 4.79 Å². The van der Waals surface area contributed by atoms with Gasteiger partial charge in [0, 0.05) is 6.42 Å². The van der Waals surface area contributed by atoms with Crippen molar-refractivity contribution in [1.82, 2.24) is 4.90 Å². The van der Waals surface area contributed by atoms with E-state index in [1.54, 1.807) is 0 Å². The van der Waals surface area contributed by atoms with Crippen LogP contribution in [0.2, 0.25) is 0 Å². The second-order valence-corrected chi connectivity index (χ2v) is 10.4. The van der Waals surface area contributed by atoms with Crippen molar-refractivity contribution in [3.63, 3.8) is 0 Å². The third-order valence-electron chi connectivity index (χ3n) is 5.98. The Labute approximate surface area is 236 Å². The third kappa shape index (κ3) is 35.8. The fraction of sp³-hybridized carbons (Fsp3) is 0.862. The number of carboxylic acid groups (broad SMARTS) is 3. The molecule has 6 N–H and O–H groups in total. The molecule has 0 radical (unpaired) electrons. The second kappa shape index (κ2) is 28.8. The van der Waals surface area contributed by atoms with E-state index in [1.807, 2.05) is 0 Å². The summed E-state index contributed by atoms with van der Waals surface area (Å²) in [6, 6.07) is 0. The van der Waals surface area contributed by atoms with Crippen LogP contribution in [0, 0.1) is 0 Å². The minimum absolute atomic E-state index is 0.153. The molecule has 0 saturated carbocycles. The van der Waals surface area contributed by atoms with Gasteiger partial charge in [0.2, 0.25) is 5.91 Å². The number of unbranched alkanes of at least 4 members (excludes halogenated alkanes) is 14. The van der Waals surface area contributed by atoms with Gasteiger partial charge in [-0.15, -0.1) is 0 Å². The lowest BCUT2D eigenvalue weighted by Crippen LogP contribution is -2.42. The largest absolute Gasteiger partial charge is 0.481 e. The summed E-state index contributed by atoms with van der Waals surface area (Å²) >= 11 is 0. The molecule has 0 heterocycles. The van der Waals surface area contributed by atoms with E-state index in [-0.39, 0.29) is 5.91 Å². The van der Waals surface area contributed by atoms with Gasteiger partial charge in [-0.1, -0.05) is 104 Å². The molecular formula is C29H58N2O8. The van der Waals surface area contributed by atoms with Gasteiger partial charge in [0.15, 0.2) is 5.60 Å². The van der Waals surface area contributed by atoms with Crippen LogP contribution in [0.3, 0.4) is 0 Å². The topological polar surface area (TPSA) is 178 Å². The van der Waals surface area contributed by atoms with Crippen LogP contribution in [-0.2, 0) is 19.2 Å². The minimum atomic E-state index is -2.74. The van der Waals surface area contributed by atoms with Crippen LogP contribution in [0.5, 0.6) is 0 Å². The number of carbonyl (C=O) groups excluding carboxylic acids is 1. The Bertz CT molecular complexity index is 610. The summed E-state index contributed by atoms with van der Waals surface area (Å²) in [5, 5.41) is 33.8. The highest BCUT2D eigenvalue weighted by Gasteiger charge is 2.40. The Morgan fingerprint density at radius 3 is 1.15 bits per heavy atom. The van der Waals surface area contributed by atoms with E-state index in [0.29, 0.717) is 6.42 Å². The average Bonchev–Trinajstić information content (AvgIpc) is 2.81. The summed E-state index contributed by atoms with van der Waals surface area (Å²) in [6.45, 7) is 5.66. The Kier molecular flexibility index (Phi) is 30.5. The van der Waals surface area contributed by atoms with Crippen molar-refractivity contribution in [2.24, 2.45) is 5.73 Å². The second-order valence-electron chi connectivity index (χ2n) is 10.4. The number of carbonyl (C=O) groups is 4. The Morgan fingerprint density at radius 1 is 0.615 bits per heavy atom. The molecule has 0 aromatic heterocycles. The minimum Gasteiger partial charge on any atom is -0.481 e. The zero-order valence-corrected chi connectivity index (χ0v) is 25.1. The molecule has 0 aromatic carbocycles. The number of primary amides is 1. The summed E-state index contributed by atoms with van der Waals surface area (Å²) in [6.07, 6.45) is 19.8.